The Hall–Kier alpha value is -2.92. The highest BCUT2D eigenvalue weighted by Gasteiger charge is 2.09. The monoisotopic (exact) mass is 575 g/mol. The third-order valence-electron chi connectivity index (χ3n) is 4.84. The zero-order valence-electron chi connectivity index (χ0n) is 18.7. The molecule has 9 heteroatoms. The van der Waals surface area contributed by atoms with Crippen LogP contribution in [0.1, 0.15) is 17.0 Å². The molecular formula is C24H26IN5O2S. The summed E-state index contributed by atoms with van der Waals surface area (Å²) in [6, 6.07) is 16.0. The van der Waals surface area contributed by atoms with Crippen molar-refractivity contribution in [2.24, 2.45) is 4.99 Å². The molecule has 2 heterocycles. The van der Waals surface area contributed by atoms with E-state index in [0.29, 0.717) is 24.9 Å². The molecular weight excluding hydrogens is 549 g/mol. The van der Waals surface area contributed by atoms with Crippen LogP contribution in [0.15, 0.2) is 69.6 Å². The Labute approximate surface area is 214 Å². The summed E-state index contributed by atoms with van der Waals surface area (Å²) < 4.78 is 10.8. The number of halogens is 1. The quantitative estimate of drug-likeness (QED) is 0.178. The molecule has 0 bridgehead atoms. The predicted octanol–water partition coefficient (Wildman–Crippen LogP) is 5.27. The predicted molar refractivity (Wildman–Crippen MR) is 143 cm³/mol. The van der Waals surface area contributed by atoms with Gasteiger partial charge in [0.05, 0.1) is 31.6 Å². The Kier molecular flexibility index (Phi) is 8.84. The Bertz CT molecular complexity index is 1190. The molecule has 2 N–H and O–H groups in total. The minimum Gasteiger partial charge on any atom is -0.497 e. The highest BCUT2D eigenvalue weighted by atomic mass is 127. The van der Waals surface area contributed by atoms with E-state index in [1.807, 2.05) is 53.9 Å². The molecule has 4 rings (SSSR count). The number of hydrogen-bond donors (Lipinski definition) is 2. The number of nitrogens with zero attached hydrogens (tertiary/aromatic N) is 3. The lowest BCUT2D eigenvalue weighted by molar-refractivity contribution is 0.415. The number of nitrogens with one attached hydrogen (secondary N) is 2. The molecule has 0 radical (unpaired) electrons. The molecule has 0 spiro atoms. The van der Waals surface area contributed by atoms with Crippen molar-refractivity contribution < 1.29 is 9.15 Å². The molecule has 0 amide bonds. The molecule has 2 aromatic heterocycles. The van der Waals surface area contributed by atoms with E-state index in [2.05, 4.69) is 27.5 Å². The van der Waals surface area contributed by atoms with Crippen LogP contribution in [0.25, 0.3) is 22.0 Å². The Balaban J connectivity index is 0.00000306. The van der Waals surface area contributed by atoms with E-state index in [1.165, 1.54) is 5.56 Å². The molecule has 0 aliphatic heterocycles. The van der Waals surface area contributed by atoms with Gasteiger partial charge in [-0.3, -0.25) is 4.99 Å². The first-order chi connectivity index (χ1) is 15.6. The van der Waals surface area contributed by atoms with Crippen LogP contribution in [0, 0.1) is 6.92 Å². The van der Waals surface area contributed by atoms with Crippen LogP contribution in [0.3, 0.4) is 0 Å². The van der Waals surface area contributed by atoms with Crippen LogP contribution in [0.2, 0.25) is 0 Å². The summed E-state index contributed by atoms with van der Waals surface area (Å²) >= 11 is 1.61. The summed E-state index contributed by atoms with van der Waals surface area (Å²) in [5.41, 5.74) is 4.99. The molecule has 2 aromatic carbocycles. The fourth-order valence-corrected chi connectivity index (χ4v) is 3.87. The van der Waals surface area contributed by atoms with Crippen molar-refractivity contribution >= 4 is 41.3 Å². The summed E-state index contributed by atoms with van der Waals surface area (Å²) in [7, 11) is 3.40. The van der Waals surface area contributed by atoms with E-state index in [9.17, 15) is 0 Å². The molecule has 172 valence electrons. The lowest BCUT2D eigenvalue weighted by Gasteiger charge is -2.09. The first-order valence-corrected chi connectivity index (χ1v) is 11.1. The van der Waals surface area contributed by atoms with Gasteiger partial charge in [-0.25, -0.2) is 9.97 Å². The van der Waals surface area contributed by atoms with Crippen LogP contribution in [0.5, 0.6) is 5.75 Å². The lowest BCUT2D eigenvalue weighted by Crippen LogP contribution is -2.36. The van der Waals surface area contributed by atoms with Crippen LogP contribution < -0.4 is 15.4 Å². The number of benzene rings is 2. The van der Waals surface area contributed by atoms with Gasteiger partial charge in [0.15, 0.2) is 5.96 Å². The van der Waals surface area contributed by atoms with Gasteiger partial charge in [-0.1, -0.05) is 17.7 Å². The van der Waals surface area contributed by atoms with Crippen molar-refractivity contribution in [2.45, 2.75) is 20.0 Å². The summed E-state index contributed by atoms with van der Waals surface area (Å²) in [5, 5.41) is 9.57. The van der Waals surface area contributed by atoms with Crippen molar-refractivity contribution in [3.63, 3.8) is 0 Å². The van der Waals surface area contributed by atoms with Crippen molar-refractivity contribution in [1.29, 1.82) is 0 Å². The average molecular weight is 575 g/mol. The summed E-state index contributed by atoms with van der Waals surface area (Å²) in [4.78, 5) is 13.5. The first-order valence-electron chi connectivity index (χ1n) is 10.2. The largest absolute Gasteiger partial charge is 0.497 e. The highest BCUT2D eigenvalue weighted by Crippen LogP contribution is 2.25. The fraction of sp³-hybridized carbons (Fsp3) is 0.208. The first kappa shape index (κ1) is 24.7. The number of aryl methyl sites for hydroxylation is 1. The average Bonchev–Trinajstić information content (AvgIpc) is 3.50. The zero-order valence-corrected chi connectivity index (χ0v) is 21.8. The van der Waals surface area contributed by atoms with Crippen LogP contribution in [-0.2, 0) is 13.1 Å². The summed E-state index contributed by atoms with van der Waals surface area (Å²) in [6.45, 7) is 3.13. The standard InChI is InChI=1S/C24H25N5O2S.HI/c1-16-4-6-17(7-5-16)22-28-19(14-31-22)12-26-24(25-2)27-13-20-15-32-23(29-20)18-8-10-21(30-3)11-9-18;/h4-11,14-15H,12-13H2,1-3H3,(H2,25,26,27);1H. The molecule has 4 aromatic rings. The van der Waals surface area contributed by atoms with Gasteiger partial charge in [0.1, 0.15) is 17.0 Å². The third kappa shape index (κ3) is 6.55. The summed E-state index contributed by atoms with van der Waals surface area (Å²) in [6.07, 6.45) is 1.66. The molecule has 0 unspecified atom stereocenters. The Morgan fingerprint density at radius 1 is 0.970 bits per heavy atom. The number of oxazole rings is 1. The van der Waals surface area contributed by atoms with Gasteiger partial charge in [0, 0.05) is 23.6 Å². The van der Waals surface area contributed by atoms with Gasteiger partial charge in [-0.2, -0.15) is 0 Å². The molecule has 0 aliphatic rings. The highest BCUT2D eigenvalue weighted by molar-refractivity contribution is 14.0. The van der Waals surface area contributed by atoms with Crippen LogP contribution >= 0.6 is 35.3 Å². The number of thiazole rings is 1. The minimum atomic E-state index is 0. The van der Waals surface area contributed by atoms with E-state index in [4.69, 9.17) is 14.1 Å². The van der Waals surface area contributed by atoms with Crippen molar-refractivity contribution in [2.75, 3.05) is 14.2 Å². The van der Waals surface area contributed by atoms with Crippen LogP contribution in [-0.4, -0.2) is 30.1 Å². The number of aromatic nitrogens is 2. The molecule has 0 saturated carbocycles. The Morgan fingerprint density at radius 3 is 2.30 bits per heavy atom. The van der Waals surface area contributed by atoms with Gasteiger partial charge in [0.25, 0.3) is 0 Å². The van der Waals surface area contributed by atoms with E-state index < -0.39 is 0 Å². The van der Waals surface area contributed by atoms with Crippen molar-refractivity contribution in [1.82, 2.24) is 20.6 Å². The van der Waals surface area contributed by atoms with E-state index in [0.717, 1.165) is 33.3 Å². The fourth-order valence-electron chi connectivity index (χ4n) is 3.04. The second-order valence-electron chi connectivity index (χ2n) is 7.16. The smallest absolute Gasteiger partial charge is 0.226 e. The summed E-state index contributed by atoms with van der Waals surface area (Å²) in [5.74, 6) is 2.11. The molecule has 0 fully saturated rings. The number of ether oxygens (including phenoxy) is 1. The second-order valence-corrected chi connectivity index (χ2v) is 8.02. The molecule has 33 heavy (non-hydrogen) atoms. The number of hydrogen-bond acceptors (Lipinski definition) is 6. The number of guanidine groups is 1. The van der Waals surface area contributed by atoms with Crippen LogP contribution in [0.4, 0.5) is 0 Å². The number of aliphatic imine (C=N–C) groups is 1. The van der Waals surface area contributed by atoms with Crippen molar-refractivity contribution in [3.05, 3.63) is 77.1 Å². The van der Waals surface area contributed by atoms with E-state index in [1.54, 1.807) is 31.8 Å². The number of methoxy groups -OCH3 is 1. The van der Waals surface area contributed by atoms with Crippen molar-refractivity contribution in [3.8, 4) is 27.8 Å². The van der Waals surface area contributed by atoms with Gasteiger partial charge < -0.3 is 19.8 Å². The molecule has 7 nitrogen and oxygen atoms in total. The van der Waals surface area contributed by atoms with Gasteiger partial charge in [0.2, 0.25) is 5.89 Å². The zero-order chi connectivity index (χ0) is 22.3. The van der Waals surface area contributed by atoms with Gasteiger partial charge in [-0.15, -0.1) is 35.3 Å². The van der Waals surface area contributed by atoms with E-state index in [-0.39, 0.29) is 24.0 Å². The molecule has 0 aliphatic carbocycles. The minimum absolute atomic E-state index is 0. The molecule has 0 atom stereocenters. The number of rotatable bonds is 7. The maximum Gasteiger partial charge on any atom is 0.226 e. The topological polar surface area (TPSA) is 84.6 Å². The maximum atomic E-state index is 5.62. The molecule has 0 saturated heterocycles. The normalized spacial score (nSPS) is 11.1. The SMILES string of the molecule is CN=C(NCc1coc(-c2ccc(C)cc2)n1)NCc1csc(-c2ccc(OC)cc2)n1.I. The van der Waals surface area contributed by atoms with Gasteiger partial charge >= 0.3 is 0 Å². The second kappa shape index (κ2) is 11.8. The Morgan fingerprint density at radius 2 is 1.64 bits per heavy atom. The maximum absolute atomic E-state index is 5.62. The lowest BCUT2D eigenvalue weighted by atomic mass is 10.1. The van der Waals surface area contributed by atoms with Gasteiger partial charge in [-0.05, 0) is 43.3 Å². The third-order valence-corrected chi connectivity index (χ3v) is 5.78. The van der Waals surface area contributed by atoms with E-state index >= 15 is 0 Å².